The number of fused-ring (bicyclic) bond motifs is 5. The Labute approximate surface area is 185 Å². The highest BCUT2D eigenvalue weighted by atomic mass is 32.2. The predicted molar refractivity (Wildman–Crippen MR) is 117 cm³/mol. The number of aliphatic carboxylic acids is 1. The molecule has 0 spiro atoms. The number of methoxy groups -OCH3 is 1. The summed E-state index contributed by atoms with van der Waals surface area (Å²) in [5.74, 6) is -2.06. The summed E-state index contributed by atoms with van der Waals surface area (Å²) in [7, 11) is -2.39. The first-order chi connectivity index (χ1) is 14.3. The molecule has 0 aromatic carbocycles. The van der Waals surface area contributed by atoms with Crippen LogP contribution in [-0.4, -0.2) is 43.6 Å². The maximum atomic E-state index is 13.6. The maximum Gasteiger partial charge on any atom is 0.335 e. The molecule has 0 amide bonds. The summed E-state index contributed by atoms with van der Waals surface area (Å²) >= 11 is 0. The highest BCUT2D eigenvalue weighted by Crippen LogP contribution is 2.69. The number of carboxylic acid groups (broad SMARTS) is 1. The van der Waals surface area contributed by atoms with Crippen LogP contribution in [0.5, 0.6) is 0 Å². The molecule has 0 aromatic rings. The summed E-state index contributed by atoms with van der Waals surface area (Å²) < 4.78 is 32.2. The van der Waals surface area contributed by atoms with E-state index in [2.05, 4.69) is 27.7 Å². The van der Waals surface area contributed by atoms with Gasteiger partial charge in [0.1, 0.15) is 0 Å². The number of esters is 1. The molecule has 3 aliphatic carbocycles. The molecule has 172 valence electrons. The molecule has 6 nitrogen and oxygen atoms in total. The van der Waals surface area contributed by atoms with Gasteiger partial charge in [0.15, 0.2) is 9.84 Å². The third-order valence-corrected chi connectivity index (χ3v) is 11.4. The minimum absolute atomic E-state index is 0.0472. The molecule has 0 radical (unpaired) electrons. The topological polar surface area (TPSA) is 97.7 Å². The molecule has 0 aromatic heterocycles. The fourth-order valence-electron chi connectivity index (χ4n) is 8.02. The van der Waals surface area contributed by atoms with Crippen molar-refractivity contribution in [2.24, 2.45) is 34.0 Å². The zero-order valence-electron chi connectivity index (χ0n) is 19.1. The molecule has 1 N–H and O–H groups in total. The van der Waals surface area contributed by atoms with Gasteiger partial charge in [-0.15, -0.1) is 0 Å². The zero-order valence-corrected chi connectivity index (χ0v) is 19.9. The Kier molecular flexibility index (Phi) is 5.04. The number of carbonyl (C=O) groups is 2. The van der Waals surface area contributed by atoms with Gasteiger partial charge in [0, 0.05) is 11.5 Å². The SMILES string of the molecule is COC(=O)C1=CC(C(=O)O)=CC2C1[C@]1(C)CC[C@H]3C(C)(C)CCC[C@]3(C)[C@H]1CS2(=O)=O. The largest absolute Gasteiger partial charge is 0.478 e. The Balaban J connectivity index is 1.90. The Morgan fingerprint density at radius 3 is 2.35 bits per heavy atom. The fourth-order valence-corrected chi connectivity index (χ4v) is 10.7. The molecule has 1 saturated heterocycles. The molecule has 4 rings (SSSR count). The minimum atomic E-state index is -3.65. The number of hydrogen-bond donors (Lipinski definition) is 1. The first-order valence-corrected chi connectivity index (χ1v) is 13.0. The van der Waals surface area contributed by atoms with Crippen LogP contribution in [0.25, 0.3) is 0 Å². The summed E-state index contributed by atoms with van der Waals surface area (Å²) in [6.07, 6.45) is 7.72. The number of carboxylic acids is 1. The van der Waals surface area contributed by atoms with Gasteiger partial charge in [-0.1, -0.05) is 40.2 Å². The molecule has 1 aliphatic heterocycles. The van der Waals surface area contributed by atoms with E-state index in [0.717, 1.165) is 32.1 Å². The van der Waals surface area contributed by atoms with Crippen LogP contribution in [-0.2, 0) is 24.2 Å². The predicted octanol–water partition coefficient (Wildman–Crippen LogP) is 3.77. The van der Waals surface area contributed by atoms with E-state index in [-0.39, 0.29) is 33.6 Å². The van der Waals surface area contributed by atoms with E-state index in [4.69, 9.17) is 4.74 Å². The standard InChI is InChI=1S/C24H34O6S/c1-22(2)8-6-9-23(3)17(22)7-10-24(4)18(23)13-31(28,29)16-12-14(20(25)26)11-15(19(16)24)21(27)30-5/h11-12,16-19H,6-10,13H2,1-5H3,(H,25,26)/t16?,17-,18+,19?,23-,24+/m0/s1. The van der Waals surface area contributed by atoms with E-state index in [9.17, 15) is 23.1 Å². The summed E-state index contributed by atoms with van der Waals surface area (Å²) in [6, 6.07) is 0. The van der Waals surface area contributed by atoms with Crippen LogP contribution in [0.2, 0.25) is 0 Å². The Bertz CT molecular complexity index is 990. The first kappa shape index (κ1) is 22.6. The van der Waals surface area contributed by atoms with Crippen molar-refractivity contribution in [2.75, 3.05) is 12.9 Å². The number of hydrogen-bond acceptors (Lipinski definition) is 5. The first-order valence-electron chi connectivity index (χ1n) is 11.2. The van der Waals surface area contributed by atoms with Crippen LogP contribution in [0.1, 0.15) is 59.8 Å². The van der Waals surface area contributed by atoms with Gasteiger partial charge >= 0.3 is 11.9 Å². The highest BCUT2D eigenvalue weighted by Gasteiger charge is 2.66. The number of rotatable bonds is 2. The van der Waals surface area contributed by atoms with E-state index in [1.54, 1.807) is 0 Å². The number of carbonyl (C=O) groups excluding carboxylic acids is 1. The van der Waals surface area contributed by atoms with Gasteiger partial charge < -0.3 is 9.84 Å². The number of sulfone groups is 1. The van der Waals surface area contributed by atoms with E-state index in [0.29, 0.717) is 5.92 Å². The van der Waals surface area contributed by atoms with Crippen LogP contribution in [0.3, 0.4) is 0 Å². The third-order valence-electron chi connectivity index (χ3n) is 9.35. The Hall–Kier alpha value is -1.63. The second kappa shape index (κ2) is 6.93. The van der Waals surface area contributed by atoms with Crippen molar-refractivity contribution in [1.29, 1.82) is 0 Å². The van der Waals surface area contributed by atoms with Crippen LogP contribution in [0, 0.1) is 34.0 Å². The Morgan fingerprint density at radius 2 is 1.74 bits per heavy atom. The smallest absolute Gasteiger partial charge is 0.335 e. The summed E-state index contributed by atoms with van der Waals surface area (Å²) in [5.41, 5.74) is -0.356. The van der Waals surface area contributed by atoms with Crippen LogP contribution >= 0.6 is 0 Å². The average molecular weight is 451 g/mol. The summed E-state index contributed by atoms with van der Waals surface area (Å²) in [4.78, 5) is 24.5. The van der Waals surface area contributed by atoms with Crippen LogP contribution in [0.4, 0.5) is 0 Å². The Morgan fingerprint density at radius 1 is 1.06 bits per heavy atom. The second-order valence-corrected chi connectivity index (χ2v) is 13.5. The second-order valence-electron chi connectivity index (χ2n) is 11.3. The van der Waals surface area contributed by atoms with Crippen molar-refractivity contribution < 1.29 is 27.9 Å². The normalized spacial score (nSPS) is 42.7. The van der Waals surface area contributed by atoms with Crippen LogP contribution < -0.4 is 0 Å². The average Bonchev–Trinajstić information content (AvgIpc) is 2.68. The zero-order chi connectivity index (χ0) is 23.0. The lowest BCUT2D eigenvalue weighted by Crippen LogP contribution is -2.64. The van der Waals surface area contributed by atoms with E-state index >= 15 is 0 Å². The van der Waals surface area contributed by atoms with Gasteiger partial charge in [0.25, 0.3) is 0 Å². The third kappa shape index (κ3) is 3.13. The monoisotopic (exact) mass is 450 g/mol. The van der Waals surface area contributed by atoms with Gasteiger partial charge in [0.2, 0.25) is 0 Å². The summed E-state index contributed by atoms with van der Waals surface area (Å²) in [5, 5.41) is 8.56. The fraction of sp³-hybridized carbons (Fsp3) is 0.750. The van der Waals surface area contributed by atoms with E-state index in [1.165, 1.54) is 19.3 Å². The molecule has 3 fully saturated rings. The molecule has 31 heavy (non-hydrogen) atoms. The molecule has 0 bridgehead atoms. The van der Waals surface area contributed by atoms with Crippen molar-refractivity contribution in [3.63, 3.8) is 0 Å². The molecule has 7 heteroatoms. The molecule has 2 unspecified atom stereocenters. The van der Waals surface area contributed by atoms with Gasteiger partial charge in [-0.3, -0.25) is 0 Å². The van der Waals surface area contributed by atoms with Crippen LogP contribution in [0.15, 0.2) is 23.3 Å². The number of ether oxygens (including phenoxy) is 1. The molecule has 4 aliphatic rings. The van der Waals surface area contributed by atoms with Gasteiger partial charge in [-0.05, 0) is 59.8 Å². The maximum absolute atomic E-state index is 13.6. The van der Waals surface area contributed by atoms with Crippen molar-refractivity contribution in [1.82, 2.24) is 0 Å². The van der Waals surface area contributed by atoms with Crippen molar-refractivity contribution in [3.05, 3.63) is 23.3 Å². The van der Waals surface area contributed by atoms with Crippen molar-refractivity contribution in [2.45, 2.75) is 65.0 Å². The highest BCUT2D eigenvalue weighted by molar-refractivity contribution is 7.92. The minimum Gasteiger partial charge on any atom is -0.478 e. The molecule has 2 saturated carbocycles. The van der Waals surface area contributed by atoms with E-state index in [1.807, 2.05) is 0 Å². The quantitative estimate of drug-likeness (QED) is 0.643. The lowest BCUT2D eigenvalue weighted by atomic mass is 9.41. The molecular weight excluding hydrogens is 416 g/mol. The van der Waals surface area contributed by atoms with Crippen molar-refractivity contribution >= 4 is 21.8 Å². The lowest BCUT2D eigenvalue weighted by molar-refractivity contribution is -0.146. The van der Waals surface area contributed by atoms with Gasteiger partial charge in [-0.2, -0.15) is 0 Å². The molecular formula is C24H34O6S. The van der Waals surface area contributed by atoms with Gasteiger partial charge in [-0.25, -0.2) is 18.0 Å². The van der Waals surface area contributed by atoms with Gasteiger partial charge in [0.05, 0.1) is 23.7 Å². The summed E-state index contributed by atoms with van der Waals surface area (Å²) in [6.45, 7) is 9.00. The van der Waals surface area contributed by atoms with E-state index < -0.39 is 38.4 Å². The van der Waals surface area contributed by atoms with Crippen molar-refractivity contribution in [3.8, 4) is 0 Å². The molecule has 1 heterocycles. The lowest BCUT2D eigenvalue weighted by Gasteiger charge is -2.66. The molecule has 6 atom stereocenters.